The van der Waals surface area contributed by atoms with E-state index in [9.17, 15) is 14.4 Å². The van der Waals surface area contributed by atoms with Gasteiger partial charge in [0, 0.05) is 17.9 Å². The number of carboxylic acid groups (broad SMARTS) is 1. The van der Waals surface area contributed by atoms with Crippen LogP contribution < -0.4 is 0 Å². The Bertz CT molecular complexity index is 659. The molecule has 1 aromatic carbocycles. The smallest absolute Gasteiger partial charge is 0.323 e. The number of Topliss-reactive ketones (excluding diaryl/α,β-unsaturated/α-hetero) is 1. The van der Waals surface area contributed by atoms with E-state index in [2.05, 4.69) is 12.6 Å². The first kappa shape index (κ1) is 20.5. The summed E-state index contributed by atoms with van der Waals surface area (Å²) in [6, 6.07) is 9.65. The lowest BCUT2D eigenvalue weighted by atomic mass is 9.93. The Balaban J connectivity index is 2.05. The minimum atomic E-state index is -1.03. The number of thiol groups is 1. The number of carbonyl (C=O) groups is 3. The van der Waals surface area contributed by atoms with Gasteiger partial charge in [-0.15, -0.1) is 0 Å². The molecule has 2 unspecified atom stereocenters. The predicted octanol–water partition coefficient (Wildman–Crippen LogP) is 2.98. The molecule has 1 heterocycles. The summed E-state index contributed by atoms with van der Waals surface area (Å²) in [5, 5.41) is 8.69. The Morgan fingerprint density at radius 1 is 1.31 bits per heavy atom. The molecule has 1 aliphatic heterocycles. The van der Waals surface area contributed by atoms with Gasteiger partial charge in [0.2, 0.25) is 5.91 Å². The summed E-state index contributed by atoms with van der Waals surface area (Å²) in [6.07, 6.45) is 2.77. The number of ketones is 1. The fraction of sp³-hybridized carbons (Fsp3) is 0.550. The number of hydrogen-bond acceptors (Lipinski definition) is 4. The summed E-state index contributed by atoms with van der Waals surface area (Å²) in [5.74, 6) is -1.79. The quantitative estimate of drug-likeness (QED) is 0.717. The van der Waals surface area contributed by atoms with Gasteiger partial charge in [0.05, 0.1) is 5.25 Å². The van der Waals surface area contributed by atoms with Crippen LogP contribution in [0.15, 0.2) is 30.3 Å². The lowest BCUT2D eigenvalue weighted by Gasteiger charge is -2.37. The second kappa shape index (κ2) is 8.71. The fourth-order valence-corrected chi connectivity index (χ4v) is 3.82. The number of carboxylic acids is 1. The zero-order valence-corrected chi connectivity index (χ0v) is 16.2. The van der Waals surface area contributed by atoms with E-state index in [0.29, 0.717) is 12.8 Å². The van der Waals surface area contributed by atoms with Gasteiger partial charge in [-0.05, 0) is 38.7 Å². The molecular formula is C20H27NO4S. The number of rotatable bonds is 7. The monoisotopic (exact) mass is 377 g/mol. The third-order valence-electron chi connectivity index (χ3n) is 5.07. The Hall–Kier alpha value is -1.82. The minimum Gasteiger partial charge on any atom is -0.480 e. The van der Waals surface area contributed by atoms with Gasteiger partial charge in [-0.3, -0.25) is 14.4 Å². The van der Waals surface area contributed by atoms with Crippen LogP contribution in [0, 0.1) is 5.92 Å². The van der Waals surface area contributed by atoms with Gasteiger partial charge in [0.1, 0.15) is 12.3 Å². The summed E-state index contributed by atoms with van der Waals surface area (Å²) in [6.45, 7) is 3.44. The van der Waals surface area contributed by atoms with Gasteiger partial charge in [-0.25, -0.2) is 0 Å². The van der Waals surface area contributed by atoms with Crippen molar-refractivity contribution in [2.24, 2.45) is 5.92 Å². The second-order valence-electron chi connectivity index (χ2n) is 7.60. The summed E-state index contributed by atoms with van der Waals surface area (Å²) >= 11 is 4.44. The molecule has 0 bridgehead atoms. The number of nitrogens with zero attached hydrogens (tertiary/aromatic N) is 1. The van der Waals surface area contributed by atoms with Gasteiger partial charge in [0.25, 0.3) is 0 Å². The zero-order chi connectivity index (χ0) is 19.3. The van der Waals surface area contributed by atoms with Crippen molar-refractivity contribution >= 4 is 30.3 Å². The van der Waals surface area contributed by atoms with Crippen molar-refractivity contribution in [2.75, 3.05) is 6.54 Å². The van der Waals surface area contributed by atoms with Crippen LogP contribution in [-0.2, 0) is 20.8 Å². The SMILES string of the molecule is CC1(C)CCCC(CC(=O)C(S)Cc2ccccc2)C(=O)N1CC(=O)O. The second-order valence-corrected chi connectivity index (χ2v) is 8.22. The van der Waals surface area contributed by atoms with Crippen molar-refractivity contribution in [3.05, 3.63) is 35.9 Å². The highest BCUT2D eigenvalue weighted by Gasteiger charge is 2.39. The molecule has 1 N–H and O–H groups in total. The zero-order valence-electron chi connectivity index (χ0n) is 15.4. The van der Waals surface area contributed by atoms with Gasteiger partial charge >= 0.3 is 5.97 Å². The molecule has 0 radical (unpaired) electrons. The van der Waals surface area contributed by atoms with Crippen LogP contribution in [0.3, 0.4) is 0 Å². The van der Waals surface area contributed by atoms with Gasteiger partial charge in [-0.1, -0.05) is 36.8 Å². The first-order valence-corrected chi connectivity index (χ1v) is 9.50. The average molecular weight is 378 g/mol. The summed E-state index contributed by atoms with van der Waals surface area (Å²) in [7, 11) is 0. The molecule has 26 heavy (non-hydrogen) atoms. The highest BCUT2D eigenvalue weighted by molar-refractivity contribution is 7.81. The third kappa shape index (κ3) is 5.34. The van der Waals surface area contributed by atoms with Crippen molar-refractivity contribution in [1.29, 1.82) is 0 Å². The number of hydrogen-bond donors (Lipinski definition) is 2. The Kier molecular flexibility index (Phi) is 6.87. The molecule has 1 aliphatic rings. The molecular weight excluding hydrogens is 350 g/mol. The summed E-state index contributed by atoms with van der Waals surface area (Å²) in [5.41, 5.74) is 0.513. The maximum Gasteiger partial charge on any atom is 0.323 e. The molecule has 0 saturated carbocycles. The fourth-order valence-electron chi connectivity index (χ4n) is 3.50. The Morgan fingerprint density at radius 2 is 1.96 bits per heavy atom. The van der Waals surface area contributed by atoms with Crippen LogP contribution in [0.2, 0.25) is 0 Å². The van der Waals surface area contributed by atoms with E-state index in [-0.39, 0.29) is 24.7 Å². The lowest BCUT2D eigenvalue weighted by Crippen LogP contribution is -2.51. The molecule has 0 aliphatic carbocycles. The molecule has 5 nitrogen and oxygen atoms in total. The van der Waals surface area contributed by atoms with Crippen LogP contribution in [0.1, 0.15) is 45.1 Å². The molecule has 1 amide bonds. The van der Waals surface area contributed by atoms with Crippen LogP contribution in [0.25, 0.3) is 0 Å². The maximum atomic E-state index is 12.9. The van der Waals surface area contributed by atoms with Gasteiger partial charge in [-0.2, -0.15) is 12.6 Å². The normalized spacial score (nSPS) is 21.1. The number of likely N-dealkylation sites (tertiary alicyclic amines) is 1. The first-order valence-electron chi connectivity index (χ1n) is 8.98. The maximum absolute atomic E-state index is 12.9. The van der Waals surface area contributed by atoms with Crippen LogP contribution in [0.5, 0.6) is 0 Å². The lowest BCUT2D eigenvalue weighted by molar-refractivity contribution is -0.150. The molecule has 1 saturated heterocycles. The molecule has 2 rings (SSSR count). The van der Waals surface area contributed by atoms with Crippen LogP contribution in [-0.4, -0.2) is 45.0 Å². The molecule has 1 aromatic rings. The largest absolute Gasteiger partial charge is 0.480 e. The standard InChI is InChI=1S/C20H27NO4S/c1-20(2)10-6-9-15(19(25)21(20)13-18(23)24)12-16(22)17(26)11-14-7-4-3-5-8-14/h3-5,7-8,15,17,26H,6,9-13H2,1-2H3,(H,23,24). The van der Waals surface area contributed by atoms with Gasteiger partial charge in [0.15, 0.2) is 0 Å². The molecule has 1 fully saturated rings. The number of amides is 1. The van der Waals surface area contributed by atoms with E-state index in [0.717, 1.165) is 18.4 Å². The van der Waals surface area contributed by atoms with Crippen molar-refractivity contribution in [2.45, 2.75) is 56.7 Å². The molecule has 2 atom stereocenters. The van der Waals surface area contributed by atoms with E-state index < -0.39 is 22.7 Å². The number of aliphatic carboxylic acids is 1. The van der Waals surface area contributed by atoms with Crippen LogP contribution in [0.4, 0.5) is 0 Å². The number of benzene rings is 1. The summed E-state index contributed by atoms with van der Waals surface area (Å²) < 4.78 is 0. The average Bonchev–Trinajstić information content (AvgIpc) is 2.67. The third-order valence-corrected chi connectivity index (χ3v) is 5.54. The van der Waals surface area contributed by atoms with Crippen LogP contribution >= 0.6 is 12.6 Å². The van der Waals surface area contributed by atoms with E-state index >= 15 is 0 Å². The Morgan fingerprint density at radius 3 is 2.58 bits per heavy atom. The first-order chi connectivity index (χ1) is 12.2. The molecule has 0 aromatic heterocycles. The van der Waals surface area contributed by atoms with E-state index in [1.165, 1.54) is 4.90 Å². The van der Waals surface area contributed by atoms with E-state index in [1.807, 2.05) is 44.2 Å². The van der Waals surface area contributed by atoms with Crippen molar-refractivity contribution in [1.82, 2.24) is 4.90 Å². The minimum absolute atomic E-state index is 0.0643. The van der Waals surface area contributed by atoms with Crippen molar-refractivity contribution < 1.29 is 19.5 Å². The Labute approximate surface area is 160 Å². The molecule has 6 heteroatoms. The highest BCUT2D eigenvalue weighted by atomic mass is 32.1. The predicted molar refractivity (Wildman–Crippen MR) is 103 cm³/mol. The molecule has 0 spiro atoms. The van der Waals surface area contributed by atoms with E-state index in [4.69, 9.17) is 5.11 Å². The topological polar surface area (TPSA) is 74.7 Å². The van der Waals surface area contributed by atoms with Crippen molar-refractivity contribution in [3.8, 4) is 0 Å². The van der Waals surface area contributed by atoms with Crippen molar-refractivity contribution in [3.63, 3.8) is 0 Å². The highest BCUT2D eigenvalue weighted by Crippen LogP contribution is 2.32. The van der Waals surface area contributed by atoms with Gasteiger partial charge < -0.3 is 10.0 Å². The summed E-state index contributed by atoms with van der Waals surface area (Å²) in [4.78, 5) is 38.1. The number of carbonyl (C=O) groups excluding carboxylic acids is 2. The molecule has 142 valence electrons. The van der Waals surface area contributed by atoms with E-state index in [1.54, 1.807) is 0 Å².